The highest BCUT2D eigenvalue weighted by atomic mass is 79.9. The lowest BCUT2D eigenvalue weighted by molar-refractivity contribution is 0.517. The molecule has 2 aromatic heterocycles. The van der Waals surface area contributed by atoms with Gasteiger partial charge in [-0.25, -0.2) is 14.2 Å². The smallest absolute Gasteiger partial charge is 0.294 e. The maximum atomic E-state index is 11.8. The number of halogens is 1. The normalized spacial score (nSPS) is 11.5. The maximum Gasteiger partial charge on any atom is 0.354 e. The summed E-state index contributed by atoms with van der Waals surface area (Å²) in [5, 5.41) is 2.71. The summed E-state index contributed by atoms with van der Waals surface area (Å²) < 4.78 is 2.91. The minimum absolute atomic E-state index is 0.212. The monoisotopic (exact) mass is 272 g/mol. The number of nitrogens with zero attached hydrogens (tertiary/aromatic N) is 3. The van der Waals surface area contributed by atoms with Crippen molar-refractivity contribution in [2.45, 2.75) is 19.9 Å². The molecular weight excluding hydrogens is 264 g/mol. The van der Waals surface area contributed by atoms with E-state index in [1.807, 2.05) is 0 Å². The molecule has 0 aliphatic carbocycles. The quantitative estimate of drug-likeness (QED) is 0.823. The van der Waals surface area contributed by atoms with Crippen molar-refractivity contribution in [2.75, 3.05) is 0 Å². The summed E-state index contributed by atoms with van der Waals surface area (Å²) in [5.41, 5.74) is -0.636. The van der Waals surface area contributed by atoms with Gasteiger partial charge >= 0.3 is 11.4 Å². The molecule has 0 saturated heterocycles. The highest BCUT2D eigenvalue weighted by Gasteiger charge is 2.12. The van der Waals surface area contributed by atoms with Gasteiger partial charge in [0.15, 0.2) is 5.65 Å². The van der Waals surface area contributed by atoms with Crippen LogP contribution < -0.4 is 11.4 Å². The maximum absolute atomic E-state index is 11.8. The predicted molar refractivity (Wildman–Crippen MR) is 58.2 cm³/mol. The molecule has 0 aliphatic rings. The fraction of sp³-hybridized carbons (Fsp3) is 0.375. The van der Waals surface area contributed by atoms with Gasteiger partial charge in [-0.05, 0) is 29.8 Å². The third-order valence-corrected chi connectivity index (χ3v) is 2.65. The molecule has 7 heteroatoms. The molecule has 6 nitrogen and oxygen atoms in total. The van der Waals surface area contributed by atoms with E-state index in [1.54, 1.807) is 20.0 Å². The highest BCUT2D eigenvalue weighted by molar-refractivity contribution is 9.10. The number of aromatic amines is 1. The molecule has 2 heterocycles. The van der Waals surface area contributed by atoms with Crippen LogP contribution in [0.3, 0.4) is 0 Å². The van der Waals surface area contributed by atoms with Crippen LogP contribution in [-0.2, 0) is 0 Å². The van der Waals surface area contributed by atoms with Gasteiger partial charge < -0.3 is 0 Å². The summed E-state index contributed by atoms with van der Waals surface area (Å²) in [5.74, 6) is 0. The summed E-state index contributed by atoms with van der Waals surface area (Å²) >= 11 is 3.20. The van der Waals surface area contributed by atoms with Crippen LogP contribution in [0.25, 0.3) is 5.65 Å². The van der Waals surface area contributed by atoms with Crippen molar-refractivity contribution in [1.29, 1.82) is 0 Å². The van der Waals surface area contributed by atoms with E-state index in [1.165, 1.54) is 4.52 Å². The van der Waals surface area contributed by atoms with Crippen molar-refractivity contribution in [3.05, 3.63) is 31.6 Å². The van der Waals surface area contributed by atoms with E-state index in [0.717, 1.165) is 4.57 Å². The molecule has 0 atom stereocenters. The minimum atomic E-state index is -0.532. The van der Waals surface area contributed by atoms with Crippen LogP contribution in [0.4, 0.5) is 0 Å². The molecular formula is C8H9BrN4O2. The van der Waals surface area contributed by atoms with Gasteiger partial charge in [-0.2, -0.15) is 9.50 Å². The fourth-order valence-corrected chi connectivity index (χ4v) is 1.75. The van der Waals surface area contributed by atoms with Gasteiger partial charge in [-0.15, -0.1) is 0 Å². The first-order chi connectivity index (χ1) is 7.02. The van der Waals surface area contributed by atoms with E-state index in [2.05, 4.69) is 26.0 Å². The third kappa shape index (κ3) is 1.43. The average Bonchev–Trinajstić information content (AvgIpc) is 2.47. The van der Waals surface area contributed by atoms with Crippen LogP contribution in [0.5, 0.6) is 0 Å². The van der Waals surface area contributed by atoms with Gasteiger partial charge in [0.2, 0.25) is 0 Å². The van der Waals surface area contributed by atoms with E-state index >= 15 is 0 Å². The Bertz CT molecular complexity index is 622. The van der Waals surface area contributed by atoms with Crippen molar-refractivity contribution in [1.82, 2.24) is 19.2 Å². The third-order valence-electron chi connectivity index (χ3n) is 2.07. The molecule has 0 saturated carbocycles. The lowest BCUT2D eigenvalue weighted by Gasteiger charge is -2.06. The molecule has 0 bridgehead atoms. The molecule has 0 unspecified atom stereocenters. The molecule has 2 aromatic rings. The molecule has 0 radical (unpaired) electrons. The molecule has 0 spiro atoms. The molecule has 80 valence electrons. The Morgan fingerprint density at radius 3 is 2.73 bits per heavy atom. The van der Waals surface area contributed by atoms with Crippen molar-refractivity contribution < 1.29 is 0 Å². The predicted octanol–water partition coefficient (Wildman–Crippen LogP) is 0.528. The van der Waals surface area contributed by atoms with Crippen LogP contribution >= 0.6 is 15.9 Å². The Morgan fingerprint density at radius 1 is 1.47 bits per heavy atom. The topological polar surface area (TPSA) is 72.2 Å². The van der Waals surface area contributed by atoms with Crippen LogP contribution in [0.15, 0.2) is 20.3 Å². The standard InChI is InChI=1S/C8H9BrN4O2/c1-4(2)12-7(14)11-6-5(9)3-10-13(6)8(12)15/h3-4,10H,1-2H3. The number of rotatable bonds is 1. The molecule has 2 rings (SSSR count). The van der Waals surface area contributed by atoms with E-state index in [0.29, 0.717) is 10.1 Å². The van der Waals surface area contributed by atoms with Crippen molar-refractivity contribution in [2.24, 2.45) is 0 Å². The lowest BCUT2D eigenvalue weighted by atomic mass is 10.4. The van der Waals surface area contributed by atoms with Gasteiger partial charge in [0.05, 0.1) is 4.47 Å². The van der Waals surface area contributed by atoms with Crippen LogP contribution in [0.1, 0.15) is 19.9 Å². The first-order valence-corrected chi connectivity index (χ1v) is 5.20. The first-order valence-electron chi connectivity index (χ1n) is 4.40. The van der Waals surface area contributed by atoms with Gasteiger partial charge in [-0.1, -0.05) is 0 Å². The Kier molecular flexibility index (Phi) is 2.26. The Labute approximate surface area is 92.7 Å². The van der Waals surface area contributed by atoms with Crippen LogP contribution in [0, 0.1) is 0 Å². The molecule has 0 fully saturated rings. The molecule has 0 amide bonds. The summed E-state index contributed by atoms with van der Waals surface area (Å²) in [6.45, 7) is 3.52. The summed E-state index contributed by atoms with van der Waals surface area (Å²) in [6.07, 6.45) is 1.56. The second-order valence-electron chi connectivity index (χ2n) is 3.42. The van der Waals surface area contributed by atoms with Crippen LogP contribution in [0.2, 0.25) is 0 Å². The zero-order valence-electron chi connectivity index (χ0n) is 8.19. The van der Waals surface area contributed by atoms with Gasteiger partial charge in [0, 0.05) is 12.2 Å². The Balaban J connectivity index is 2.99. The number of hydrogen-bond donors (Lipinski definition) is 1. The Hall–Kier alpha value is -1.37. The lowest BCUT2D eigenvalue weighted by Crippen LogP contribution is -2.40. The number of hydrogen-bond acceptors (Lipinski definition) is 3. The van der Waals surface area contributed by atoms with E-state index in [9.17, 15) is 9.59 Å². The Morgan fingerprint density at radius 2 is 2.13 bits per heavy atom. The van der Waals surface area contributed by atoms with Crippen molar-refractivity contribution >= 4 is 21.6 Å². The van der Waals surface area contributed by atoms with E-state index < -0.39 is 11.4 Å². The molecule has 1 N–H and O–H groups in total. The van der Waals surface area contributed by atoms with E-state index in [4.69, 9.17) is 0 Å². The van der Waals surface area contributed by atoms with Gasteiger partial charge in [-0.3, -0.25) is 5.10 Å². The van der Waals surface area contributed by atoms with Gasteiger partial charge in [0.1, 0.15) is 0 Å². The fourth-order valence-electron chi connectivity index (χ4n) is 1.38. The minimum Gasteiger partial charge on any atom is -0.294 e. The van der Waals surface area contributed by atoms with Crippen molar-refractivity contribution in [3.8, 4) is 0 Å². The SMILES string of the molecule is CC(C)n1c(=O)nc2c(Br)c[nH]n2c1=O. The second-order valence-corrected chi connectivity index (χ2v) is 4.28. The number of nitrogens with one attached hydrogen (secondary N) is 1. The first kappa shape index (κ1) is 10.2. The number of fused-ring (bicyclic) bond motifs is 1. The summed E-state index contributed by atoms with van der Waals surface area (Å²) in [4.78, 5) is 27.2. The second kappa shape index (κ2) is 3.34. The number of aromatic nitrogens is 4. The number of H-pyrrole nitrogens is 1. The van der Waals surface area contributed by atoms with E-state index in [-0.39, 0.29) is 6.04 Å². The molecule has 0 aliphatic heterocycles. The van der Waals surface area contributed by atoms with Gasteiger partial charge in [0.25, 0.3) is 0 Å². The largest absolute Gasteiger partial charge is 0.354 e. The average molecular weight is 273 g/mol. The zero-order valence-corrected chi connectivity index (χ0v) is 9.78. The zero-order chi connectivity index (χ0) is 11.2. The van der Waals surface area contributed by atoms with Crippen molar-refractivity contribution in [3.63, 3.8) is 0 Å². The molecule has 0 aromatic carbocycles. The molecule has 15 heavy (non-hydrogen) atoms. The van der Waals surface area contributed by atoms with Crippen LogP contribution in [-0.4, -0.2) is 19.2 Å². The summed E-state index contributed by atoms with van der Waals surface area (Å²) in [7, 11) is 0. The summed E-state index contributed by atoms with van der Waals surface area (Å²) in [6, 6.07) is -0.212. The highest BCUT2D eigenvalue weighted by Crippen LogP contribution is 2.11.